The van der Waals surface area contributed by atoms with Crippen molar-refractivity contribution < 1.29 is 4.79 Å². The number of benzene rings is 2. The monoisotopic (exact) mass is 481 g/mol. The van der Waals surface area contributed by atoms with Gasteiger partial charge in [-0.3, -0.25) is 4.90 Å². The third-order valence-corrected chi connectivity index (χ3v) is 6.43. The van der Waals surface area contributed by atoms with E-state index in [-0.39, 0.29) is 6.03 Å². The van der Waals surface area contributed by atoms with E-state index >= 15 is 0 Å². The number of nitrogens with zero attached hydrogens (tertiary/aromatic N) is 5. The number of carbonyl (C=O) groups excluding carboxylic acids is 1. The van der Waals surface area contributed by atoms with Gasteiger partial charge in [-0.25, -0.2) is 9.78 Å². The van der Waals surface area contributed by atoms with Crippen molar-refractivity contribution in [1.82, 2.24) is 19.6 Å². The van der Waals surface area contributed by atoms with E-state index in [0.717, 1.165) is 54.3 Å². The minimum Gasteiger partial charge on any atom is -0.344 e. The van der Waals surface area contributed by atoms with Crippen LogP contribution in [0.1, 0.15) is 17.0 Å². The molecule has 0 atom stereocenters. The van der Waals surface area contributed by atoms with Crippen molar-refractivity contribution in [1.29, 1.82) is 5.26 Å². The molecule has 170 valence electrons. The summed E-state index contributed by atoms with van der Waals surface area (Å²) in [4.78, 5) is 21.4. The average molecular weight is 482 g/mol. The molecule has 1 aromatic heterocycles. The molecule has 0 bridgehead atoms. The molecule has 0 unspecified atom stereocenters. The van der Waals surface area contributed by atoms with Crippen molar-refractivity contribution in [2.45, 2.75) is 6.42 Å². The number of urea groups is 1. The normalized spacial score (nSPS) is 14.0. The summed E-state index contributed by atoms with van der Waals surface area (Å²) in [7, 11) is 0. The molecule has 2 heterocycles. The summed E-state index contributed by atoms with van der Waals surface area (Å²) in [5.41, 5.74) is 2.36. The molecule has 1 saturated heterocycles. The van der Waals surface area contributed by atoms with E-state index in [1.807, 2.05) is 24.3 Å². The van der Waals surface area contributed by atoms with Crippen LogP contribution in [0.4, 0.5) is 15.6 Å². The molecule has 33 heavy (non-hydrogen) atoms. The summed E-state index contributed by atoms with van der Waals surface area (Å²) < 4.78 is 4.51. The van der Waals surface area contributed by atoms with Gasteiger partial charge in [-0.2, -0.15) is 9.64 Å². The van der Waals surface area contributed by atoms with Crippen molar-refractivity contribution in [3.63, 3.8) is 0 Å². The quantitative estimate of drug-likeness (QED) is 0.535. The smallest absolute Gasteiger partial charge is 0.319 e. The van der Waals surface area contributed by atoms with E-state index in [0.29, 0.717) is 24.2 Å². The molecule has 4 rings (SSSR count). The summed E-state index contributed by atoms with van der Waals surface area (Å²) in [5, 5.41) is 16.2. The van der Waals surface area contributed by atoms with Crippen LogP contribution in [0.15, 0.2) is 48.5 Å². The second-order valence-corrected chi connectivity index (χ2v) is 8.86. The van der Waals surface area contributed by atoms with Gasteiger partial charge in [-0.1, -0.05) is 23.7 Å². The Bertz CT molecular complexity index is 1100. The molecule has 1 fully saturated rings. The fourth-order valence-electron chi connectivity index (χ4n) is 3.52. The molecule has 0 saturated carbocycles. The topological polar surface area (TPSA) is 97.2 Å². The van der Waals surface area contributed by atoms with E-state index in [1.54, 1.807) is 24.3 Å². The van der Waals surface area contributed by atoms with Gasteiger partial charge < -0.3 is 15.5 Å². The molecule has 0 spiro atoms. The maximum absolute atomic E-state index is 12.1. The molecular formula is C23H24ClN7OS. The second kappa shape index (κ2) is 11.1. The minimum atomic E-state index is -0.250. The molecule has 1 aliphatic rings. The highest BCUT2D eigenvalue weighted by atomic mass is 35.5. The van der Waals surface area contributed by atoms with Gasteiger partial charge in [0, 0.05) is 67.9 Å². The van der Waals surface area contributed by atoms with Crippen molar-refractivity contribution in [2.24, 2.45) is 0 Å². The third kappa shape index (κ3) is 6.65. The largest absolute Gasteiger partial charge is 0.344 e. The van der Waals surface area contributed by atoms with Gasteiger partial charge >= 0.3 is 6.03 Å². The lowest BCUT2D eigenvalue weighted by molar-refractivity contribution is 0.240. The van der Waals surface area contributed by atoms with Gasteiger partial charge in [0.2, 0.25) is 5.13 Å². The van der Waals surface area contributed by atoms with Crippen LogP contribution in [-0.4, -0.2) is 59.6 Å². The first kappa shape index (κ1) is 23.0. The van der Waals surface area contributed by atoms with Gasteiger partial charge in [-0.15, -0.1) is 0 Å². The van der Waals surface area contributed by atoms with Crippen molar-refractivity contribution in [2.75, 3.05) is 49.5 Å². The van der Waals surface area contributed by atoms with E-state index in [9.17, 15) is 4.79 Å². The van der Waals surface area contributed by atoms with Gasteiger partial charge in [0.05, 0.1) is 11.6 Å². The Morgan fingerprint density at radius 3 is 2.52 bits per heavy atom. The van der Waals surface area contributed by atoms with E-state index in [4.69, 9.17) is 21.8 Å². The first-order valence-electron chi connectivity index (χ1n) is 10.7. The van der Waals surface area contributed by atoms with Crippen LogP contribution in [0.25, 0.3) is 0 Å². The Balaban J connectivity index is 1.16. The molecule has 0 radical (unpaired) electrons. The predicted molar refractivity (Wildman–Crippen MR) is 131 cm³/mol. The van der Waals surface area contributed by atoms with Crippen molar-refractivity contribution >= 4 is 40.0 Å². The summed E-state index contributed by atoms with van der Waals surface area (Å²) in [5.74, 6) is 0.831. The number of hydrogen-bond donors (Lipinski definition) is 2. The molecular weight excluding hydrogens is 458 g/mol. The number of aromatic nitrogens is 2. The minimum absolute atomic E-state index is 0.250. The van der Waals surface area contributed by atoms with Gasteiger partial charge in [0.15, 0.2) is 0 Å². The fourth-order valence-corrected chi connectivity index (χ4v) is 4.39. The molecule has 1 aliphatic heterocycles. The third-order valence-electron chi connectivity index (χ3n) is 5.36. The number of rotatable bonds is 7. The van der Waals surface area contributed by atoms with E-state index in [2.05, 4.69) is 30.9 Å². The first-order valence-corrected chi connectivity index (χ1v) is 11.8. The Hall–Kier alpha value is -3.19. The molecule has 2 N–H and O–H groups in total. The summed E-state index contributed by atoms with van der Waals surface area (Å²) in [6.07, 6.45) is 0.698. The fraction of sp³-hybridized carbons (Fsp3) is 0.304. The number of anilines is 2. The van der Waals surface area contributed by atoms with E-state index < -0.39 is 0 Å². The Labute approximate surface area is 202 Å². The lowest BCUT2D eigenvalue weighted by atomic mass is 10.1. The van der Waals surface area contributed by atoms with Crippen LogP contribution in [-0.2, 0) is 6.42 Å². The summed E-state index contributed by atoms with van der Waals surface area (Å²) >= 11 is 7.39. The molecule has 0 aliphatic carbocycles. The zero-order chi connectivity index (χ0) is 23.0. The highest BCUT2D eigenvalue weighted by Crippen LogP contribution is 2.21. The van der Waals surface area contributed by atoms with E-state index in [1.165, 1.54) is 11.5 Å². The maximum Gasteiger partial charge on any atom is 0.319 e. The zero-order valence-electron chi connectivity index (χ0n) is 18.0. The number of halogens is 1. The second-order valence-electron chi connectivity index (χ2n) is 7.70. The van der Waals surface area contributed by atoms with Crippen LogP contribution >= 0.6 is 23.1 Å². The molecule has 10 heteroatoms. The first-order chi connectivity index (χ1) is 16.1. The van der Waals surface area contributed by atoms with Gasteiger partial charge in [-0.05, 0) is 42.0 Å². The molecule has 2 aromatic carbocycles. The highest BCUT2D eigenvalue weighted by molar-refractivity contribution is 7.09. The number of carbonyl (C=O) groups is 1. The van der Waals surface area contributed by atoms with Crippen LogP contribution in [0.2, 0.25) is 5.02 Å². The van der Waals surface area contributed by atoms with Crippen LogP contribution in [0.5, 0.6) is 0 Å². The zero-order valence-corrected chi connectivity index (χ0v) is 19.6. The number of hydrogen-bond acceptors (Lipinski definition) is 7. The standard InChI is InChI=1S/C23H24ClN7OS/c24-19-5-1-17(2-6-19)15-21-28-23(33-29-21)31-13-11-30(12-14-31)10-9-26-22(32)27-20-7-3-18(16-25)4-8-20/h1-8H,9-15H2,(H2,26,27,32). The summed E-state index contributed by atoms with van der Waals surface area (Å²) in [6, 6.07) is 16.4. The number of nitrogens with one attached hydrogen (secondary N) is 2. The van der Waals surface area contributed by atoms with Crippen molar-refractivity contribution in [3.8, 4) is 6.07 Å². The number of piperazine rings is 1. The Kier molecular flexibility index (Phi) is 7.73. The number of nitriles is 1. The maximum atomic E-state index is 12.1. The molecule has 2 amide bonds. The highest BCUT2D eigenvalue weighted by Gasteiger charge is 2.20. The molecule has 3 aromatic rings. The number of amides is 2. The SMILES string of the molecule is N#Cc1ccc(NC(=O)NCCN2CCN(c3nc(Cc4ccc(Cl)cc4)ns3)CC2)cc1. The van der Waals surface area contributed by atoms with Crippen LogP contribution in [0.3, 0.4) is 0 Å². The lowest BCUT2D eigenvalue weighted by Gasteiger charge is -2.34. The predicted octanol–water partition coefficient (Wildman–Crippen LogP) is 3.60. The van der Waals surface area contributed by atoms with Crippen LogP contribution in [0, 0.1) is 11.3 Å². The van der Waals surface area contributed by atoms with Crippen LogP contribution < -0.4 is 15.5 Å². The van der Waals surface area contributed by atoms with Gasteiger partial charge in [0.25, 0.3) is 0 Å². The lowest BCUT2D eigenvalue weighted by Crippen LogP contribution is -2.48. The Morgan fingerprint density at radius 1 is 1.09 bits per heavy atom. The van der Waals surface area contributed by atoms with Gasteiger partial charge in [0.1, 0.15) is 5.82 Å². The average Bonchev–Trinajstić information content (AvgIpc) is 3.30. The summed E-state index contributed by atoms with van der Waals surface area (Å²) in [6.45, 7) is 4.93. The Morgan fingerprint density at radius 2 is 1.82 bits per heavy atom. The molecule has 8 nitrogen and oxygen atoms in total. The van der Waals surface area contributed by atoms with Crippen molar-refractivity contribution in [3.05, 3.63) is 70.5 Å².